The molecule has 6 nitrogen and oxygen atoms in total. The lowest BCUT2D eigenvalue weighted by molar-refractivity contribution is -0.122. The average Bonchev–Trinajstić information content (AvgIpc) is 2.96. The number of thioether (sulfide) groups is 1. The molecular formula is C19H18ClN3O3S. The van der Waals surface area contributed by atoms with Crippen molar-refractivity contribution in [2.24, 2.45) is 4.99 Å². The van der Waals surface area contributed by atoms with Crippen LogP contribution in [0.5, 0.6) is 5.75 Å². The van der Waals surface area contributed by atoms with Crippen molar-refractivity contribution in [1.29, 1.82) is 0 Å². The van der Waals surface area contributed by atoms with Crippen molar-refractivity contribution in [3.63, 3.8) is 0 Å². The lowest BCUT2D eigenvalue weighted by Crippen LogP contribution is -2.28. The number of hydrogen-bond acceptors (Lipinski definition) is 5. The predicted octanol–water partition coefficient (Wildman–Crippen LogP) is 3.99. The zero-order valence-electron chi connectivity index (χ0n) is 14.6. The van der Waals surface area contributed by atoms with Gasteiger partial charge in [0, 0.05) is 17.1 Å². The van der Waals surface area contributed by atoms with Crippen LogP contribution in [0.25, 0.3) is 0 Å². The van der Waals surface area contributed by atoms with Gasteiger partial charge in [-0.3, -0.25) is 9.59 Å². The monoisotopic (exact) mass is 403 g/mol. The van der Waals surface area contributed by atoms with Crippen molar-refractivity contribution in [3.05, 3.63) is 53.6 Å². The number of benzene rings is 2. The molecule has 1 atom stereocenters. The van der Waals surface area contributed by atoms with Crippen LogP contribution in [-0.4, -0.2) is 28.8 Å². The summed E-state index contributed by atoms with van der Waals surface area (Å²) in [4.78, 5) is 28.7. The molecule has 0 saturated carbocycles. The highest BCUT2D eigenvalue weighted by Crippen LogP contribution is 2.26. The van der Waals surface area contributed by atoms with Gasteiger partial charge in [-0.15, -0.1) is 0 Å². The zero-order chi connectivity index (χ0) is 19.2. The van der Waals surface area contributed by atoms with E-state index in [1.54, 1.807) is 24.3 Å². The van der Waals surface area contributed by atoms with Gasteiger partial charge < -0.3 is 15.4 Å². The Morgan fingerprint density at radius 2 is 2.07 bits per heavy atom. The molecule has 2 aromatic rings. The van der Waals surface area contributed by atoms with E-state index >= 15 is 0 Å². The van der Waals surface area contributed by atoms with E-state index in [9.17, 15) is 9.59 Å². The summed E-state index contributed by atoms with van der Waals surface area (Å²) in [7, 11) is 0. The summed E-state index contributed by atoms with van der Waals surface area (Å²) in [6.07, 6.45) is 0.0469. The molecule has 0 aliphatic carbocycles. The van der Waals surface area contributed by atoms with Crippen LogP contribution < -0.4 is 15.4 Å². The first-order valence-corrected chi connectivity index (χ1v) is 9.64. The van der Waals surface area contributed by atoms with Crippen molar-refractivity contribution in [2.75, 3.05) is 11.9 Å². The summed E-state index contributed by atoms with van der Waals surface area (Å²) in [6, 6.07) is 14.1. The van der Waals surface area contributed by atoms with Crippen LogP contribution in [0.3, 0.4) is 0 Å². The maximum absolute atomic E-state index is 12.2. The van der Waals surface area contributed by atoms with Crippen molar-refractivity contribution < 1.29 is 14.3 Å². The molecule has 0 aromatic heterocycles. The third-order valence-corrected chi connectivity index (χ3v) is 4.95. The molecule has 1 aliphatic rings. The molecule has 140 valence electrons. The number of anilines is 1. The largest absolute Gasteiger partial charge is 0.494 e. The second-order valence-corrected chi connectivity index (χ2v) is 7.33. The molecule has 2 aromatic carbocycles. The van der Waals surface area contributed by atoms with E-state index in [2.05, 4.69) is 15.6 Å². The summed E-state index contributed by atoms with van der Waals surface area (Å²) in [5, 5.41) is 5.94. The van der Waals surface area contributed by atoms with Crippen LogP contribution in [-0.2, 0) is 9.59 Å². The molecule has 1 heterocycles. The molecule has 0 spiro atoms. The number of carbonyl (C=O) groups is 2. The minimum Gasteiger partial charge on any atom is -0.494 e. The average molecular weight is 404 g/mol. The molecule has 1 saturated heterocycles. The topological polar surface area (TPSA) is 79.8 Å². The minimum absolute atomic E-state index is 0.0469. The fourth-order valence-electron chi connectivity index (χ4n) is 2.44. The Bertz CT molecular complexity index is 871. The van der Waals surface area contributed by atoms with E-state index in [4.69, 9.17) is 16.3 Å². The highest BCUT2D eigenvalue weighted by atomic mass is 35.5. The number of amidine groups is 1. The van der Waals surface area contributed by atoms with E-state index < -0.39 is 5.25 Å². The van der Waals surface area contributed by atoms with Gasteiger partial charge in [0.2, 0.25) is 11.8 Å². The lowest BCUT2D eigenvalue weighted by Gasteiger charge is -2.07. The van der Waals surface area contributed by atoms with E-state index in [-0.39, 0.29) is 18.2 Å². The Kier molecular flexibility index (Phi) is 6.36. The minimum atomic E-state index is -0.523. The quantitative estimate of drug-likeness (QED) is 0.764. The van der Waals surface area contributed by atoms with Crippen molar-refractivity contribution in [3.8, 4) is 5.75 Å². The third-order valence-electron chi connectivity index (χ3n) is 3.63. The molecule has 2 amide bonds. The highest BCUT2D eigenvalue weighted by Gasteiger charge is 2.32. The Morgan fingerprint density at radius 1 is 1.30 bits per heavy atom. The number of amides is 2. The van der Waals surface area contributed by atoms with E-state index in [0.717, 1.165) is 5.75 Å². The first-order valence-electron chi connectivity index (χ1n) is 8.38. The highest BCUT2D eigenvalue weighted by molar-refractivity contribution is 8.15. The Labute approximate surface area is 166 Å². The van der Waals surface area contributed by atoms with E-state index in [1.807, 2.05) is 31.2 Å². The van der Waals surface area contributed by atoms with Gasteiger partial charge in [-0.1, -0.05) is 29.4 Å². The lowest BCUT2D eigenvalue weighted by atomic mass is 10.2. The normalized spacial score (nSPS) is 17.6. The number of ether oxygens (including phenoxy) is 1. The Morgan fingerprint density at radius 3 is 2.78 bits per heavy atom. The predicted molar refractivity (Wildman–Crippen MR) is 109 cm³/mol. The summed E-state index contributed by atoms with van der Waals surface area (Å²) in [5.41, 5.74) is 1.30. The number of carbonyl (C=O) groups excluding carboxylic acids is 2. The zero-order valence-corrected chi connectivity index (χ0v) is 16.1. The molecule has 27 heavy (non-hydrogen) atoms. The summed E-state index contributed by atoms with van der Waals surface area (Å²) in [5.74, 6) is 0.276. The van der Waals surface area contributed by atoms with Gasteiger partial charge in [0.25, 0.3) is 0 Å². The van der Waals surface area contributed by atoms with Crippen molar-refractivity contribution in [1.82, 2.24) is 5.32 Å². The Hall–Kier alpha value is -2.51. The van der Waals surface area contributed by atoms with Crippen LogP contribution in [0, 0.1) is 0 Å². The van der Waals surface area contributed by atoms with Gasteiger partial charge in [-0.2, -0.15) is 0 Å². The number of hydrogen-bond donors (Lipinski definition) is 2. The fraction of sp³-hybridized carbons (Fsp3) is 0.211. The SMILES string of the molecule is CCOc1ccc(N=C2NC(=O)[C@@H](CC(=O)Nc3cccc(Cl)c3)S2)cc1. The molecule has 0 bridgehead atoms. The van der Waals surface area contributed by atoms with Crippen molar-refractivity contribution >= 4 is 51.7 Å². The van der Waals surface area contributed by atoms with Crippen LogP contribution in [0.2, 0.25) is 5.02 Å². The maximum Gasteiger partial charge on any atom is 0.240 e. The third kappa shape index (κ3) is 5.48. The van der Waals surface area contributed by atoms with Gasteiger partial charge in [0.1, 0.15) is 11.0 Å². The van der Waals surface area contributed by atoms with Gasteiger partial charge >= 0.3 is 0 Å². The second kappa shape index (κ2) is 8.92. The molecule has 0 unspecified atom stereocenters. The fourth-order valence-corrected chi connectivity index (χ4v) is 3.62. The molecule has 1 fully saturated rings. The number of nitrogens with zero attached hydrogens (tertiary/aromatic N) is 1. The smallest absolute Gasteiger partial charge is 0.240 e. The molecule has 1 aliphatic heterocycles. The van der Waals surface area contributed by atoms with E-state index in [0.29, 0.717) is 28.2 Å². The van der Waals surface area contributed by atoms with Crippen molar-refractivity contribution in [2.45, 2.75) is 18.6 Å². The number of rotatable bonds is 6. The number of nitrogens with one attached hydrogen (secondary N) is 2. The number of halogens is 1. The molecular weight excluding hydrogens is 386 g/mol. The van der Waals surface area contributed by atoms with Gasteiger partial charge in [0.05, 0.1) is 12.3 Å². The van der Waals surface area contributed by atoms with Crippen LogP contribution in [0.4, 0.5) is 11.4 Å². The van der Waals surface area contributed by atoms with Gasteiger partial charge in [-0.05, 0) is 49.4 Å². The molecule has 3 rings (SSSR count). The molecule has 0 radical (unpaired) electrons. The molecule has 2 N–H and O–H groups in total. The van der Waals surface area contributed by atoms with Crippen LogP contribution in [0.15, 0.2) is 53.5 Å². The van der Waals surface area contributed by atoms with Gasteiger partial charge in [-0.25, -0.2) is 4.99 Å². The molecule has 8 heteroatoms. The first kappa shape index (κ1) is 19.3. The summed E-state index contributed by atoms with van der Waals surface area (Å²) < 4.78 is 5.39. The maximum atomic E-state index is 12.2. The Balaban J connectivity index is 1.58. The summed E-state index contributed by atoms with van der Waals surface area (Å²) in [6.45, 7) is 2.51. The second-order valence-electron chi connectivity index (χ2n) is 5.70. The standard InChI is InChI=1S/C19H18ClN3O3S/c1-2-26-15-8-6-13(7-9-15)22-19-23-18(25)16(27-19)11-17(24)21-14-5-3-4-12(20)10-14/h3-10,16H,2,11H2,1H3,(H,21,24)(H,22,23,25)/t16-/m1/s1. The van der Waals surface area contributed by atoms with Crippen LogP contribution in [0.1, 0.15) is 13.3 Å². The van der Waals surface area contributed by atoms with Gasteiger partial charge in [0.15, 0.2) is 5.17 Å². The number of aliphatic imine (C=N–C) groups is 1. The van der Waals surface area contributed by atoms with Crippen LogP contribution >= 0.6 is 23.4 Å². The summed E-state index contributed by atoms with van der Waals surface area (Å²) >= 11 is 7.14. The van der Waals surface area contributed by atoms with E-state index in [1.165, 1.54) is 11.8 Å². The first-order chi connectivity index (χ1) is 13.0.